The monoisotopic (exact) mass is 296 g/mol. The molecule has 0 saturated heterocycles. The van der Waals surface area contributed by atoms with Crippen LogP contribution in [-0.4, -0.2) is 25.3 Å². The van der Waals surface area contributed by atoms with Crippen LogP contribution in [0.4, 0.5) is 11.5 Å². The Morgan fingerprint density at radius 3 is 2.55 bits per heavy atom. The zero-order chi connectivity index (χ0) is 14.9. The van der Waals surface area contributed by atoms with E-state index in [0.717, 1.165) is 0 Å². The SMILES string of the molecule is COc1ccccc1NS(=O)(=O)c1c(N)nn(C)c1C. The summed E-state index contributed by atoms with van der Waals surface area (Å²) in [5.74, 6) is 0.392. The minimum absolute atomic E-state index is 0.0223. The number of para-hydroxylation sites is 2. The van der Waals surface area contributed by atoms with Crippen LogP contribution in [0.1, 0.15) is 5.69 Å². The maximum atomic E-state index is 12.4. The van der Waals surface area contributed by atoms with Gasteiger partial charge in [-0.25, -0.2) is 8.42 Å². The van der Waals surface area contributed by atoms with E-state index in [0.29, 0.717) is 17.1 Å². The molecule has 1 heterocycles. The molecule has 0 aliphatic carbocycles. The third-order valence-electron chi connectivity index (χ3n) is 2.92. The van der Waals surface area contributed by atoms with Crippen molar-refractivity contribution in [3.63, 3.8) is 0 Å². The van der Waals surface area contributed by atoms with Crippen LogP contribution in [0.2, 0.25) is 0 Å². The minimum atomic E-state index is -3.82. The summed E-state index contributed by atoms with van der Waals surface area (Å²) in [7, 11) is -0.723. The Labute approximate surface area is 117 Å². The van der Waals surface area contributed by atoms with Crippen molar-refractivity contribution in [3.05, 3.63) is 30.0 Å². The van der Waals surface area contributed by atoms with E-state index in [1.54, 1.807) is 38.2 Å². The van der Waals surface area contributed by atoms with Gasteiger partial charge in [0, 0.05) is 7.05 Å². The van der Waals surface area contributed by atoms with Crippen molar-refractivity contribution in [3.8, 4) is 5.75 Å². The second-order valence-electron chi connectivity index (χ2n) is 4.23. The molecule has 1 aromatic carbocycles. The first kappa shape index (κ1) is 14.2. The third kappa shape index (κ3) is 2.42. The first-order valence-electron chi connectivity index (χ1n) is 5.81. The third-order valence-corrected chi connectivity index (χ3v) is 4.46. The number of aryl methyl sites for hydroxylation is 1. The molecule has 0 aliphatic heterocycles. The average Bonchev–Trinajstić information content (AvgIpc) is 2.63. The lowest BCUT2D eigenvalue weighted by Crippen LogP contribution is -2.15. The zero-order valence-corrected chi connectivity index (χ0v) is 12.2. The number of rotatable bonds is 4. The fourth-order valence-electron chi connectivity index (χ4n) is 1.87. The quantitative estimate of drug-likeness (QED) is 0.880. The Bertz CT molecular complexity index is 737. The van der Waals surface area contributed by atoms with Gasteiger partial charge in [0.2, 0.25) is 0 Å². The highest BCUT2D eigenvalue weighted by Gasteiger charge is 2.25. The molecule has 0 unspecified atom stereocenters. The van der Waals surface area contributed by atoms with Gasteiger partial charge >= 0.3 is 0 Å². The van der Waals surface area contributed by atoms with Crippen molar-refractivity contribution in [1.29, 1.82) is 0 Å². The Kier molecular flexibility index (Phi) is 3.58. The smallest absolute Gasteiger partial charge is 0.267 e. The summed E-state index contributed by atoms with van der Waals surface area (Å²) in [4.78, 5) is -0.0223. The second kappa shape index (κ2) is 5.04. The van der Waals surface area contributed by atoms with E-state index in [1.165, 1.54) is 11.8 Å². The van der Waals surface area contributed by atoms with E-state index < -0.39 is 10.0 Å². The van der Waals surface area contributed by atoms with E-state index >= 15 is 0 Å². The lowest BCUT2D eigenvalue weighted by molar-refractivity contribution is 0.417. The van der Waals surface area contributed by atoms with Gasteiger partial charge in [-0.1, -0.05) is 12.1 Å². The average molecular weight is 296 g/mol. The summed E-state index contributed by atoms with van der Waals surface area (Å²) in [6, 6.07) is 6.73. The summed E-state index contributed by atoms with van der Waals surface area (Å²) >= 11 is 0. The van der Waals surface area contributed by atoms with Crippen molar-refractivity contribution in [1.82, 2.24) is 9.78 Å². The number of methoxy groups -OCH3 is 1. The number of hydrogen-bond acceptors (Lipinski definition) is 5. The maximum absolute atomic E-state index is 12.4. The van der Waals surface area contributed by atoms with Crippen molar-refractivity contribution in [2.75, 3.05) is 17.6 Å². The highest BCUT2D eigenvalue weighted by molar-refractivity contribution is 7.93. The zero-order valence-electron chi connectivity index (χ0n) is 11.4. The predicted octanol–water partition coefficient (Wildman–Crippen LogP) is 1.12. The first-order chi connectivity index (χ1) is 9.36. The summed E-state index contributed by atoms with van der Waals surface area (Å²) < 4.78 is 33.8. The molecule has 2 rings (SSSR count). The molecule has 0 saturated carbocycles. The molecule has 2 aromatic rings. The van der Waals surface area contributed by atoms with Crippen molar-refractivity contribution in [2.45, 2.75) is 11.8 Å². The standard InChI is InChI=1S/C12H16N4O3S/c1-8-11(12(13)14-16(8)2)20(17,18)15-9-6-4-5-7-10(9)19-3/h4-7,15H,1-3H3,(H2,13,14). The molecule has 20 heavy (non-hydrogen) atoms. The van der Waals surface area contributed by atoms with E-state index in [1.807, 2.05) is 0 Å². The van der Waals surface area contributed by atoms with Gasteiger partial charge in [0.25, 0.3) is 10.0 Å². The summed E-state index contributed by atoms with van der Waals surface area (Å²) in [5.41, 5.74) is 6.48. The molecule has 3 N–H and O–H groups in total. The van der Waals surface area contributed by atoms with Gasteiger partial charge in [-0.3, -0.25) is 9.40 Å². The van der Waals surface area contributed by atoms with Crippen LogP contribution in [0.15, 0.2) is 29.2 Å². The predicted molar refractivity (Wildman–Crippen MR) is 76.2 cm³/mol. The van der Waals surface area contributed by atoms with Gasteiger partial charge in [-0.05, 0) is 19.1 Å². The Balaban J connectivity index is 2.46. The number of hydrogen-bond donors (Lipinski definition) is 2. The molecule has 0 fully saturated rings. The van der Waals surface area contributed by atoms with Crippen molar-refractivity contribution < 1.29 is 13.2 Å². The molecular weight excluding hydrogens is 280 g/mol. The van der Waals surface area contributed by atoms with Gasteiger partial charge in [-0.2, -0.15) is 5.10 Å². The Morgan fingerprint density at radius 1 is 1.35 bits per heavy atom. The highest BCUT2D eigenvalue weighted by Crippen LogP contribution is 2.28. The lowest BCUT2D eigenvalue weighted by atomic mass is 10.3. The van der Waals surface area contributed by atoms with E-state index in [2.05, 4.69) is 9.82 Å². The second-order valence-corrected chi connectivity index (χ2v) is 5.85. The van der Waals surface area contributed by atoms with Gasteiger partial charge in [-0.15, -0.1) is 0 Å². The van der Waals surface area contributed by atoms with Gasteiger partial charge in [0.15, 0.2) is 10.7 Å². The molecule has 108 valence electrons. The molecule has 0 aliphatic rings. The van der Waals surface area contributed by atoms with Gasteiger partial charge in [0.05, 0.1) is 18.5 Å². The van der Waals surface area contributed by atoms with E-state index in [4.69, 9.17) is 10.5 Å². The Morgan fingerprint density at radius 2 is 2.00 bits per heavy atom. The number of nitrogens with one attached hydrogen (secondary N) is 1. The maximum Gasteiger partial charge on any atom is 0.267 e. The normalized spacial score (nSPS) is 11.3. The van der Waals surface area contributed by atoms with Crippen molar-refractivity contribution in [2.24, 2.45) is 7.05 Å². The molecule has 0 atom stereocenters. The van der Waals surface area contributed by atoms with Crippen LogP contribution < -0.4 is 15.2 Å². The molecule has 8 heteroatoms. The van der Waals surface area contributed by atoms with Gasteiger partial charge < -0.3 is 10.5 Å². The largest absolute Gasteiger partial charge is 0.495 e. The lowest BCUT2D eigenvalue weighted by Gasteiger charge is -2.11. The molecule has 0 spiro atoms. The summed E-state index contributed by atoms with van der Waals surface area (Å²) in [6.45, 7) is 1.64. The number of nitrogens with zero attached hydrogens (tertiary/aromatic N) is 2. The summed E-state index contributed by atoms with van der Waals surface area (Å²) in [5, 5.41) is 3.91. The van der Waals surface area contributed by atoms with Crippen LogP contribution in [0.25, 0.3) is 0 Å². The van der Waals surface area contributed by atoms with E-state index in [9.17, 15) is 8.42 Å². The molecule has 7 nitrogen and oxygen atoms in total. The van der Waals surface area contributed by atoms with E-state index in [-0.39, 0.29) is 10.7 Å². The topological polar surface area (TPSA) is 99.2 Å². The number of nitrogens with two attached hydrogens (primary N) is 1. The van der Waals surface area contributed by atoms with Crippen molar-refractivity contribution >= 4 is 21.5 Å². The number of aromatic nitrogens is 2. The van der Waals surface area contributed by atoms with Gasteiger partial charge in [0.1, 0.15) is 5.75 Å². The molecule has 0 bridgehead atoms. The number of ether oxygens (including phenoxy) is 1. The van der Waals surface area contributed by atoms with Crippen LogP contribution in [0.5, 0.6) is 5.75 Å². The highest BCUT2D eigenvalue weighted by atomic mass is 32.2. The van der Waals surface area contributed by atoms with Crippen LogP contribution >= 0.6 is 0 Å². The fourth-order valence-corrected chi connectivity index (χ4v) is 3.27. The van der Waals surface area contributed by atoms with Crippen LogP contribution in [0, 0.1) is 6.92 Å². The van der Waals surface area contributed by atoms with Crippen LogP contribution in [0.3, 0.4) is 0 Å². The molecule has 0 radical (unpaired) electrons. The number of anilines is 2. The molecular formula is C12H16N4O3S. The minimum Gasteiger partial charge on any atom is -0.495 e. The first-order valence-corrected chi connectivity index (χ1v) is 7.30. The number of benzene rings is 1. The summed E-state index contributed by atoms with van der Waals surface area (Å²) in [6.07, 6.45) is 0. The Hall–Kier alpha value is -2.22. The molecule has 0 amide bonds. The number of nitrogen functional groups attached to an aromatic ring is 1. The number of sulfonamides is 1. The molecule has 1 aromatic heterocycles. The van der Waals surface area contributed by atoms with Crippen LogP contribution in [-0.2, 0) is 17.1 Å². The fraction of sp³-hybridized carbons (Fsp3) is 0.250.